The van der Waals surface area contributed by atoms with Gasteiger partial charge in [0.25, 0.3) is 0 Å². The second-order valence-corrected chi connectivity index (χ2v) is 5.83. The Labute approximate surface area is 130 Å². The highest BCUT2D eigenvalue weighted by Gasteiger charge is 2.34. The average molecular weight is 303 g/mol. The monoisotopic (exact) mass is 303 g/mol. The van der Waals surface area contributed by atoms with Gasteiger partial charge in [-0.15, -0.1) is 0 Å². The molecule has 1 aromatic rings. The fraction of sp³-hybridized carbons (Fsp3) is 0.500. The fourth-order valence-electron chi connectivity index (χ4n) is 2.51. The van der Waals surface area contributed by atoms with Crippen molar-refractivity contribution < 1.29 is 14.3 Å². The van der Waals surface area contributed by atoms with Crippen molar-refractivity contribution in [2.75, 3.05) is 13.2 Å². The zero-order chi connectivity index (χ0) is 16.3. The van der Waals surface area contributed by atoms with Crippen LogP contribution in [0.4, 0.5) is 0 Å². The number of carbonyl (C=O) groups excluding carboxylic acids is 1. The summed E-state index contributed by atoms with van der Waals surface area (Å²) in [6, 6.07) is 3.89. The lowest BCUT2D eigenvalue weighted by molar-refractivity contribution is -0.145. The molecule has 0 N–H and O–H groups in total. The summed E-state index contributed by atoms with van der Waals surface area (Å²) in [5.74, 6) is -0.787. The molecule has 0 saturated carbocycles. The average Bonchev–Trinajstić information content (AvgIpc) is 2.99. The first-order valence-corrected chi connectivity index (χ1v) is 7.13. The quantitative estimate of drug-likeness (QED) is 0.774. The molecule has 0 aromatic carbocycles. The highest BCUT2D eigenvalue weighted by atomic mass is 16.7. The van der Waals surface area contributed by atoms with Crippen molar-refractivity contribution in [3.8, 4) is 6.07 Å². The molecule has 1 aliphatic heterocycles. The molecule has 0 radical (unpaired) electrons. The summed E-state index contributed by atoms with van der Waals surface area (Å²) in [6.07, 6.45) is 2.96. The number of nitriles is 1. The van der Waals surface area contributed by atoms with Crippen molar-refractivity contribution in [1.82, 2.24) is 9.47 Å². The predicted molar refractivity (Wildman–Crippen MR) is 80.6 cm³/mol. The third kappa shape index (κ3) is 3.75. The standard InChI is InChI=1S/C16H21N3O3/c1-5-15(20)19(10-14-11-21-16(2,3)22-14)9-12-6-13(7-17)18(4)8-12/h5-6,8,14H,1,9-11H2,2-4H3/t14-/m0/s1. The zero-order valence-corrected chi connectivity index (χ0v) is 13.2. The van der Waals surface area contributed by atoms with E-state index in [0.717, 1.165) is 5.56 Å². The molecule has 2 rings (SSSR count). The minimum absolute atomic E-state index is 0.168. The summed E-state index contributed by atoms with van der Waals surface area (Å²) < 4.78 is 13.0. The van der Waals surface area contributed by atoms with Crippen LogP contribution in [0.15, 0.2) is 24.9 Å². The lowest BCUT2D eigenvalue weighted by Gasteiger charge is -2.24. The van der Waals surface area contributed by atoms with E-state index >= 15 is 0 Å². The summed E-state index contributed by atoms with van der Waals surface area (Å²) in [6.45, 7) is 8.52. The summed E-state index contributed by atoms with van der Waals surface area (Å²) in [7, 11) is 1.80. The largest absolute Gasteiger partial charge is 0.348 e. The zero-order valence-electron chi connectivity index (χ0n) is 13.2. The molecule has 0 bridgehead atoms. The lowest BCUT2D eigenvalue weighted by atomic mass is 10.2. The molecule has 6 heteroatoms. The summed E-state index contributed by atoms with van der Waals surface area (Å²) in [5.41, 5.74) is 1.45. The van der Waals surface area contributed by atoms with Gasteiger partial charge in [-0.2, -0.15) is 5.26 Å². The maximum Gasteiger partial charge on any atom is 0.246 e. The smallest absolute Gasteiger partial charge is 0.246 e. The van der Waals surface area contributed by atoms with Crippen LogP contribution in [-0.2, 0) is 27.9 Å². The molecule has 1 fully saturated rings. The van der Waals surface area contributed by atoms with E-state index in [2.05, 4.69) is 12.6 Å². The number of carbonyl (C=O) groups is 1. The van der Waals surface area contributed by atoms with Crippen LogP contribution in [0.3, 0.4) is 0 Å². The molecule has 22 heavy (non-hydrogen) atoms. The molecule has 0 unspecified atom stereocenters. The van der Waals surface area contributed by atoms with Gasteiger partial charge in [0.05, 0.1) is 6.61 Å². The summed E-state index contributed by atoms with van der Waals surface area (Å²) in [4.78, 5) is 13.7. The number of amides is 1. The molecule has 1 aliphatic rings. The molecule has 6 nitrogen and oxygen atoms in total. The second kappa shape index (κ2) is 6.34. The molecule has 1 atom stereocenters. The van der Waals surface area contributed by atoms with E-state index in [0.29, 0.717) is 25.4 Å². The number of aryl methyl sites for hydroxylation is 1. The van der Waals surface area contributed by atoms with Crippen molar-refractivity contribution in [3.05, 3.63) is 36.2 Å². The Balaban J connectivity index is 2.08. The highest BCUT2D eigenvalue weighted by Crippen LogP contribution is 2.23. The molecular weight excluding hydrogens is 282 g/mol. The van der Waals surface area contributed by atoms with Crippen LogP contribution in [0.25, 0.3) is 0 Å². The maximum absolute atomic E-state index is 12.1. The van der Waals surface area contributed by atoms with E-state index in [1.54, 1.807) is 22.6 Å². The van der Waals surface area contributed by atoms with Crippen LogP contribution in [0.5, 0.6) is 0 Å². The first-order valence-electron chi connectivity index (χ1n) is 7.13. The van der Waals surface area contributed by atoms with Crippen LogP contribution >= 0.6 is 0 Å². The van der Waals surface area contributed by atoms with Gasteiger partial charge in [-0.25, -0.2) is 0 Å². The number of hydrogen-bond donors (Lipinski definition) is 0. The van der Waals surface area contributed by atoms with Gasteiger partial charge in [-0.1, -0.05) is 6.58 Å². The van der Waals surface area contributed by atoms with Crippen LogP contribution < -0.4 is 0 Å². The number of aromatic nitrogens is 1. The molecule has 1 aromatic heterocycles. The van der Waals surface area contributed by atoms with Gasteiger partial charge >= 0.3 is 0 Å². The third-order valence-electron chi connectivity index (χ3n) is 3.53. The molecule has 0 aliphatic carbocycles. The SMILES string of the molecule is C=CC(=O)N(Cc1cc(C#N)n(C)c1)C[C@H]1COC(C)(C)O1. The first kappa shape index (κ1) is 16.3. The Kier molecular flexibility index (Phi) is 4.69. The van der Waals surface area contributed by atoms with Crippen LogP contribution in [0, 0.1) is 11.3 Å². The predicted octanol–water partition coefficient (Wildman–Crippen LogP) is 1.56. The second-order valence-electron chi connectivity index (χ2n) is 5.83. The van der Waals surface area contributed by atoms with Gasteiger partial charge in [0, 0.05) is 26.3 Å². The topological polar surface area (TPSA) is 67.5 Å². The van der Waals surface area contributed by atoms with Crippen molar-refractivity contribution in [3.63, 3.8) is 0 Å². The van der Waals surface area contributed by atoms with Crippen molar-refractivity contribution in [2.24, 2.45) is 7.05 Å². The van der Waals surface area contributed by atoms with Gasteiger partial charge in [-0.3, -0.25) is 4.79 Å². The van der Waals surface area contributed by atoms with E-state index in [1.165, 1.54) is 6.08 Å². The molecule has 0 spiro atoms. The Morgan fingerprint density at radius 1 is 1.68 bits per heavy atom. The third-order valence-corrected chi connectivity index (χ3v) is 3.53. The number of ether oxygens (including phenoxy) is 2. The van der Waals surface area contributed by atoms with Gasteiger partial charge in [0.2, 0.25) is 5.91 Å². The van der Waals surface area contributed by atoms with Crippen molar-refractivity contribution >= 4 is 5.91 Å². The minimum atomic E-state index is -0.617. The lowest BCUT2D eigenvalue weighted by Crippen LogP contribution is -2.37. The Morgan fingerprint density at radius 3 is 2.91 bits per heavy atom. The van der Waals surface area contributed by atoms with E-state index in [4.69, 9.17) is 14.7 Å². The van der Waals surface area contributed by atoms with Gasteiger partial charge in [0.1, 0.15) is 17.9 Å². The Morgan fingerprint density at radius 2 is 2.41 bits per heavy atom. The summed E-state index contributed by atoms with van der Waals surface area (Å²) in [5, 5.41) is 9.00. The van der Waals surface area contributed by atoms with Crippen LogP contribution in [-0.4, -0.2) is 40.4 Å². The molecule has 118 valence electrons. The minimum Gasteiger partial charge on any atom is -0.348 e. The van der Waals surface area contributed by atoms with E-state index in [-0.39, 0.29) is 12.0 Å². The Hall–Kier alpha value is -2.10. The molecule has 2 heterocycles. The number of hydrogen-bond acceptors (Lipinski definition) is 4. The number of rotatable bonds is 5. The molecular formula is C16H21N3O3. The molecule has 1 amide bonds. The normalized spacial score (nSPS) is 19.6. The van der Waals surface area contributed by atoms with E-state index in [1.807, 2.05) is 20.0 Å². The summed E-state index contributed by atoms with van der Waals surface area (Å²) >= 11 is 0. The highest BCUT2D eigenvalue weighted by molar-refractivity contribution is 5.87. The van der Waals surface area contributed by atoms with Gasteiger partial charge in [-0.05, 0) is 31.6 Å². The Bertz CT molecular complexity index is 613. The first-order chi connectivity index (χ1) is 10.3. The van der Waals surface area contributed by atoms with Crippen LogP contribution in [0.2, 0.25) is 0 Å². The van der Waals surface area contributed by atoms with E-state index < -0.39 is 5.79 Å². The fourth-order valence-corrected chi connectivity index (χ4v) is 2.51. The molecule has 1 saturated heterocycles. The van der Waals surface area contributed by atoms with Crippen molar-refractivity contribution in [1.29, 1.82) is 5.26 Å². The van der Waals surface area contributed by atoms with Crippen molar-refractivity contribution in [2.45, 2.75) is 32.3 Å². The van der Waals surface area contributed by atoms with E-state index in [9.17, 15) is 4.79 Å². The number of nitrogens with zero attached hydrogens (tertiary/aromatic N) is 3. The maximum atomic E-state index is 12.1. The van der Waals surface area contributed by atoms with Gasteiger partial charge in [0.15, 0.2) is 5.79 Å². The van der Waals surface area contributed by atoms with Crippen LogP contribution in [0.1, 0.15) is 25.1 Å². The van der Waals surface area contributed by atoms with Gasteiger partial charge < -0.3 is 18.9 Å².